The third kappa shape index (κ3) is 3.12. The van der Waals surface area contributed by atoms with Crippen LogP contribution in [0.2, 0.25) is 0 Å². The summed E-state index contributed by atoms with van der Waals surface area (Å²) in [5.74, 6) is 1.43. The van der Waals surface area contributed by atoms with Crippen molar-refractivity contribution in [3.63, 3.8) is 0 Å². The minimum Gasteiger partial charge on any atom is -0.785 e. The Balaban J connectivity index is 0.000000531. The Morgan fingerprint density at radius 3 is 2.57 bits per heavy atom. The predicted octanol–water partition coefficient (Wildman–Crippen LogP) is 1.18. The van der Waals surface area contributed by atoms with Crippen LogP contribution in [0.1, 0.15) is 5.82 Å². The van der Waals surface area contributed by atoms with Gasteiger partial charge in [0.05, 0.1) is 16.9 Å². The third-order valence-corrected chi connectivity index (χ3v) is 1.85. The second kappa shape index (κ2) is 7.04. The van der Waals surface area contributed by atoms with Gasteiger partial charge in [-0.25, -0.2) is 4.98 Å². The smallest absolute Gasteiger partial charge is 0.0885 e. The number of nitrogens with two attached hydrogens (primary N) is 1. The molecule has 0 aliphatic heterocycles. The minimum absolute atomic E-state index is 0. The summed E-state index contributed by atoms with van der Waals surface area (Å²) in [6, 6.07) is 7.92. The topological polar surface area (TPSA) is 54.7 Å². The van der Waals surface area contributed by atoms with Crippen molar-refractivity contribution in [2.24, 2.45) is 5.73 Å². The van der Waals surface area contributed by atoms with Crippen molar-refractivity contribution in [1.82, 2.24) is 9.97 Å². The summed E-state index contributed by atoms with van der Waals surface area (Å²) >= 11 is 4.87. The number of H-pyrrole nitrogens is 1. The van der Waals surface area contributed by atoms with Crippen LogP contribution < -0.4 is 5.73 Å². The average Bonchev–Trinajstić information content (AvgIpc) is 2.63. The molecule has 1 heterocycles. The molecule has 3 N–H and O–H groups in total. The Hall–Kier alpha value is -0.312. The fourth-order valence-corrected chi connectivity index (χ4v) is 1.21. The van der Waals surface area contributed by atoms with Crippen LogP contribution in [0.15, 0.2) is 24.3 Å². The Morgan fingerprint density at radius 2 is 2.00 bits per heavy atom. The first-order valence-corrected chi connectivity index (χ1v) is 4.57. The fourth-order valence-electron chi connectivity index (χ4n) is 1.07. The molecule has 0 atom stereocenters. The van der Waals surface area contributed by atoms with Crippen LogP contribution >= 0.6 is 0 Å². The van der Waals surface area contributed by atoms with Crippen LogP contribution in [-0.4, -0.2) is 17.0 Å². The maximum absolute atomic E-state index is 4.87. The van der Waals surface area contributed by atoms with E-state index in [2.05, 4.69) is 15.7 Å². The van der Waals surface area contributed by atoms with Gasteiger partial charge in [0.2, 0.25) is 0 Å². The van der Waals surface area contributed by atoms with Crippen molar-refractivity contribution in [2.45, 2.75) is 5.75 Å². The van der Waals surface area contributed by atoms with Gasteiger partial charge in [-0.2, -0.15) is 0 Å². The molecule has 0 saturated heterocycles. The number of aromatic amines is 1. The van der Waals surface area contributed by atoms with Gasteiger partial charge in [-0.1, -0.05) is 12.1 Å². The van der Waals surface area contributed by atoms with Crippen molar-refractivity contribution in [3.05, 3.63) is 30.1 Å². The number of para-hydroxylation sites is 2. The van der Waals surface area contributed by atoms with Crippen molar-refractivity contribution < 1.29 is 21.1 Å². The first-order chi connectivity index (χ1) is 6.40. The minimum atomic E-state index is 0. The van der Waals surface area contributed by atoms with Gasteiger partial charge in [-0.05, 0) is 19.2 Å². The Bertz CT molecular complexity index is 342. The predicted molar refractivity (Wildman–Crippen MR) is 57.3 cm³/mol. The maximum atomic E-state index is 4.87. The van der Waals surface area contributed by atoms with Gasteiger partial charge >= 0.3 is 0 Å². The number of nitrogens with zero attached hydrogens (tertiary/aromatic N) is 1. The molecule has 0 saturated carbocycles. The summed E-state index contributed by atoms with van der Waals surface area (Å²) < 4.78 is 0. The van der Waals surface area contributed by atoms with Crippen molar-refractivity contribution in [1.29, 1.82) is 0 Å². The zero-order chi connectivity index (χ0) is 9.68. The number of hydrogen-bond acceptors (Lipinski definition) is 3. The fraction of sp³-hybridized carbons (Fsp3) is 0.222. The van der Waals surface area contributed by atoms with Gasteiger partial charge in [-0.15, -0.1) is 5.75 Å². The molecular weight excluding hydrogens is 366 g/mol. The molecule has 0 aliphatic rings. The first-order valence-electron chi connectivity index (χ1n) is 3.99. The molecule has 0 fully saturated rings. The van der Waals surface area contributed by atoms with Gasteiger partial charge in [-0.3, -0.25) is 0 Å². The molecule has 0 bridgehead atoms. The van der Waals surface area contributed by atoms with Crippen LogP contribution in [0.3, 0.4) is 0 Å². The number of benzene rings is 1. The summed E-state index contributed by atoms with van der Waals surface area (Å²) in [5.41, 5.74) is 6.56. The molecule has 2 rings (SSSR count). The second-order valence-electron chi connectivity index (χ2n) is 2.34. The zero-order valence-electron chi connectivity index (χ0n) is 7.86. The quantitative estimate of drug-likeness (QED) is 0.734. The number of hydrogen-bond donors (Lipinski definition) is 2. The normalized spacial score (nSPS) is 8.79. The second-order valence-corrected chi connectivity index (χ2v) is 2.63. The van der Waals surface area contributed by atoms with E-state index in [1.165, 1.54) is 7.05 Å². The molecule has 0 spiro atoms. The first kappa shape index (κ1) is 13.7. The van der Waals surface area contributed by atoms with Gasteiger partial charge < -0.3 is 23.3 Å². The molecule has 5 heteroatoms. The SMILES string of the molecule is CN.[S-]Cc1nc2ccccc2[nH]1.[W]. The van der Waals surface area contributed by atoms with Crippen molar-refractivity contribution >= 4 is 23.7 Å². The molecule has 0 aliphatic carbocycles. The van der Waals surface area contributed by atoms with Gasteiger partial charge in [0, 0.05) is 21.1 Å². The van der Waals surface area contributed by atoms with Crippen LogP contribution in [-0.2, 0) is 39.4 Å². The number of aromatic nitrogens is 2. The van der Waals surface area contributed by atoms with E-state index in [1.54, 1.807) is 0 Å². The standard InChI is InChI=1S/C8H8N2S.CH5N.W/c11-5-8-9-6-3-1-2-4-7(6)10-8;1-2;/h1-4,11H,5H2,(H,9,10);2H2,1H3;/p-1. The van der Waals surface area contributed by atoms with Gasteiger partial charge in [0.15, 0.2) is 0 Å². The van der Waals surface area contributed by atoms with E-state index in [1.807, 2.05) is 24.3 Å². The summed E-state index contributed by atoms with van der Waals surface area (Å²) in [4.78, 5) is 7.40. The summed E-state index contributed by atoms with van der Waals surface area (Å²) in [5, 5.41) is 0. The van der Waals surface area contributed by atoms with E-state index in [0.717, 1.165) is 16.9 Å². The summed E-state index contributed by atoms with van der Waals surface area (Å²) in [7, 11) is 1.50. The molecule has 0 unspecified atom stereocenters. The Kier molecular flexibility index (Phi) is 6.89. The molecule has 3 nitrogen and oxygen atoms in total. The maximum Gasteiger partial charge on any atom is 0.0885 e. The molecule has 1 aromatic carbocycles. The van der Waals surface area contributed by atoms with Crippen LogP contribution in [0.4, 0.5) is 0 Å². The zero-order valence-corrected chi connectivity index (χ0v) is 11.6. The average molecular weight is 378 g/mol. The van der Waals surface area contributed by atoms with Crippen LogP contribution in [0, 0.1) is 0 Å². The monoisotopic (exact) mass is 378 g/mol. The van der Waals surface area contributed by atoms with E-state index in [9.17, 15) is 0 Å². The van der Waals surface area contributed by atoms with E-state index in [-0.39, 0.29) is 21.1 Å². The number of fused-ring (bicyclic) bond motifs is 1. The molecule has 2 aromatic rings. The Labute approximate surface area is 103 Å². The van der Waals surface area contributed by atoms with Crippen LogP contribution in [0.5, 0.6) is 0 Å². The molecular formula is C9H12N3SW-. The Morgan fingerprint density at radius 1 is 1.36 bits per heavy atom. The van der Waals surface area contributed by atoms with Gasteiger partial charge in [0.25, 0.3) is 0 Å². The number of imidazole rings is 1. The third-order valence-electron chi connectivity index (χ3n) is 1.58. The number of nitrogens with one attached hydrogen (secondary N) is 1. The van der Waals surface area contributed by atoms with Crippen LogP contribution in [0.25, 0.3) is 11.0 Å². The molecule has 0 radical (unpaired) electrons. The van der Waals surface area contributed by atoms with E-state index < -0.39 is 0 Å². The van der Waals surface area contributed by atoms with Crippen molar-refractivity contribution in [2.75, 3.05) is 7.05 Å². The summed E-state index contributed by atoms with van der Waals surface area (Å²) in [6.45, 7) is 0. The van der Waals surface area contributed by atoms with E-state index in [4.69, 9.17) is 12.6 Å². The molecule has 76 valence electrons. The molecule has 0 amide bonds. The number of rotatable bonds is 1. The largest absolute Gasteiger partial charge is 0.785 e. The van der Waals surface area contributed by atoms with Gasteiger partial charge in [0.1, 0.15) is 0 Å². The molecule has 1 aromatic heterocycles. The summed E-state index contributed by atoms with van der Waals surface area (Å²) in [6.07, 6.45) is 0. The molecule has 14 heavy (non-hydrogen) atoms. The van der Waals surface area contributed by atoms with E-state index >= 15 is 0 Å². The van der Waals surface area contributed by atoms with Crippen molar-refractivity contribution in [3.8, 4) is 0 Å². The van der Waals surface area contributed by atoms with E-state index in [0.29, 0.717) is 5.75 Å².